The quantitative estimate of drug-likeness (QED) is 0.724. The van der Waals surface area contributed by atoms with Crippen LogP contribution in [-0.2, 0) is 27.4 Å². The molecule has 2 aromatic rings. The molecule has 2 aromatic carbocycles. The molecule has 1 unspecified atom stereocenters. The van der Waals surface area contributed by atoms with Crippen LogP contribution in [0.5, 0.6) is 0 Å². The van der Waals surface area contributed by atoms with Crippen molar-refractivity contribution in [3.8, 4) is 0 Å². The zero-order valence-corrected chi connectivity index (χ0v) is 11.3. The third kappa shape index (κ3) is 3.67. The maximum Gasteiger partial charge on any atom is 0.216 e. The van der Waals surface area contributed by atoms with Crippen LogP contribution in [0.4, 0.5) is 0 Å². The van der Waals surface area contributed by atoms with Crippen molar-refractivity contribution in [1.29, 1.82) is 0 Å². The zero-order chi connectivity index (χ0) is 13.7. The van der Waals surface area contributed by atoms with Gasteiger partial charge in [0.15, 0.2) is 0 Å². The second-order valence-corrected chi connectivity index (χ2v) is 4.95. The lowest BCUT2D eigenvalue weighted by Crippen LogP contribution is -2.23. The summed E-state index contributed by atoms with van der Waals surface area (Å²) in [6.45, 7) is 2.21. The standard InChI is InChI=1S/C17H18O3/c1-3-7-15(8-4-1)11-18-13-17(14-20-17)19-12-16-9-5-2-6-10-16/h1-10H,11-14H2. The highest BCUT2D eigenvalue weighted by molar-refractivity contribution is 5.14. The predicted octanol–water partition coefficient (Wildman–Crippen LogP) is 3.15. The van der Waals surface area contributed by atoms with Crippen LogP contribution in [0.1, 0.15) is 11.1 Å². The molecule has 0 N–H and O–H groups in total. The first-order valence-corrected chi connectivity index (χ1v) is 6.80. The van der Waals surface area contributed by atoms with Gasteiger partial charge in [-0.1, -0.05) is 60.7 Å². The monoisotopic (exact) mass is 270 g/mol. The molecule has 0 saturated carbocycles. The molecule has 20 heavy (non-hydrogen) atoms. The van der Waals surface area contributed by atoms with E-state index in [1.807, 2.05) is 60.7 Å². The van der Waals surface area contributed by atoms with Crippen molar-refractivity contribution in [3.63, 3.8) is 0 Å². The first-order valence-electron chi connectivity index (χ1n) is 6.80. The topological polar surface area (TPSA) is 31.0 Å². The van der Waals surface area contributed by atoms with E-state index in [1.54, 1.807) is 0 Å². The van der Waals surface area contributed by atoms with Gasteiger partial charge in [-0.2, -0.15) is 0 Å². The van der Waals surface area contributed by atoms with Gasteiger partial charge in [-0.3, -0.25) is 0 Å². The smallest absolute Gasteiger partial charge is 0.216 e. The largest absolute Gasteiger partial charge is 0.371 e. The molecule has 0 amide bonds. The highest BCUT2D eigenvalue weighted by atomic mass is 16.8. The van der Waals surface area contributed by atoms with Gasteiger partial charge in [-0.15, -0.1) is 0 Å². The Morgan fingerprint density at radius 2 is 1.40 bits per heavy atom. The molecule has 0 aromatic heterocycles. The maximum atomic E-state index is 5.82. The zero-order valence-electron chi connectivity index (χ0n) is 11.3. The van der Waals surface area contributed by atoms with Crippen molar-refractivity contribution >= 4 is 0 Å². The number of benzene rings is 2. The molecule has 1 aliphatic rings. The lowest BCUT2D eigenvalue weighted by atomic mass is 10.2. The van der Waals surface area contributed by atoms with Crippen LogP contribution in [0.15, 0.2) is 60.7 Å². The Labute approximate surface area is 119 Å². The van der Waals surface area contributed by atoms with Gasteiger partial charge in [0.2, 0.25) is 5.79 Å². The molecule has 3 nitrogen and oxygen atoms in total. The lowest BCUT2D eigenvalue weighted by Gasteiger charge is -2.13. The summed E-state index contributed by atoms with van der Waals surface area (Å²) in [6, 6.07) is 20.2. The summed E-state index contributed by atoms with van der Waals surface area (Å²) >= 11 is 0. The van der Waals surface area contributed by atoms with Gasteiger partial charge in [-0.25, -0.2) is 0 Å². The molecule has 104 valence electrons. The van der Waals surface area contributed by atoms with Crippen LogP contribution in [0.2, 0.25) is 0 Å². The highest BCUT2D eigenvalue weighted by Gasteiger charge is 2.46. The van der Waals surface area contributed by atoms with Crippen molar-refractivity contribution < 1.29 is 14.2 Å². The van der Waals surface area contributed by atoms with Gasteiger partial charge in [0.05, 0.1) is 13.2 Å². The summed E-state index contributed by atoms with van der Waals surface area (Å²) in [5, 5.41) is 0. The third-order valence-corrected chi connectivity index (χ3v) is 3.24. The summed E-state index contributed by atoms with van der Waals surface area (Å²) < 4.78 is 16.9. The first kappa shape index (κ1) is 13.3. The van der Waals surface area contributed by atoms with E-state index in [1.165, 1.54) is 0 Å². The van der Waals surface area contributed by atoms with E-state index in [9.17, 15) is 0 Å². The van der Waals surface area contributed by atoms with Crippen LogP contribution < -0.4 is 0 Å². The van der Waals surface area contributed by atoms with Crippen LogP contribution >= 0.6 is 0 Å². The third-order valence-electron chi connectivity index (χ3n) is 3.24. The van der Waals surface area contributed by atoms with E-state index in [2.05, 4.69) is 0 Å². The summed E-state index contributed by atoms with van der Waals surface area (Å²) in [5.41, 5.74) is 2.30. The van der Waals surface area contributed by atoms with Gasteiger partial charge in [0.1, 0.15) is 13.2 Å². The highest BCUT2D eigenvalue weighted by Crippen LogP contribution is 2.30. The van der Waals surface area contributed by atoms with Crippen LogP contribution in [0.25, 0.3) is 0 Å². The number of ether oxygens (including phenoxy) is 3. The average molecular weight is 270 g/mol. The molecular formula is C17H18O3. The first-order chi connectivity index (χ1) is 9.86. The minimum absolute atomic E-state index is 0.467. The number of hydrogen-bond donors (Lipinski definition) is 0. The van der Waals surface area contributed by atoms with Crippen LogP contribution in [0.3, 0.4) is 0 Å². The van der Waals surface area contributed by atoms with E-state index in [0.717, 1.165) is 11.1 Å². The molecule has 0 bridgehead atoms. The Morgan fingerprint density at radius 1 is 0.850 bits per heavy atom. The minimum atomic E-state index is -0.537. The molecule has 1 heterocycles. The molecule has 1 saturated heterocycles. The van der Waals surface area contributed by atoms with E-state index in [-0.39, 0.29) is 0 Å². The van der Waals surface area contributed by atoms with Gasteiger partial charge in [0, 0.05) is 0 Å². The number of epoxide rings is 1. The van der Waals surface area contributed by atoms with Crippen molar-refractivity contribution in [2.45, 2.75) is 19.0 Å². The maximum absolute atomic E-state index is 5.82. The van der Waals surface area contributed by atoms with Gasteiger partial charge < -0.3 is 14.2 Å². The number of rotatable bonds is 7. The summed E-state index contributed by atoms with van der Waals surface area (Å²) in [7, 11) is 0. The molecule has 3 rings (SSSR count). The van der Waals surface area contributed by atoms with Crippen LogP contribution in [-0.4, -0.2) is 19.0 Å². The minimum Gasteiger partial charge on any atom is -0.371 e. The Bertz CT molecular complexity index is 520. The molecule has 3 heteroatoms. The summed E-state index contributed by atoms with van der Waals surface area (Å²) in [4.78, 5) is 0. The second kappa shape index (κ2) is 6.18. The molecule has 0 aliphatic carbocycles. The van der Waals surface area contributed by atoms with Crippen molar-refractivity contribution in [2.75, 3.05) is 13.2 Å². The van der Waals surface area contributed by atoms with E-state index < -0.39 is 5.79 Å². The molecule has 1 fully saturated rings. The fourth-order valence-electron chi connectivity index (χ4n) is 1.98. The van der Waals surface area contributed by atoms with Crippen molar-refractivity contribution in [1.82, 2.24) is 0 Å². The Balaban J connectivity index is 1.43. The average Bonchev–Trinajstić information content (AvgIpc) is 3.28. The molecule has 1 atom stereocenters. The molecule has 0 spiro atoms. The van der Waals surface area contributed by atoms with Crippen LogP contribution in [0, 0.1) is 0 Å². The SMILES string of the molecule is c1ccc(COCC2(OCc3ccccc3)CO2)cc1. The van der Waals surface area contributed by atoms with Gasteiger partial charge in [-0.05, 0) is 11.1 Å². The summed E-state index contributed by atoms with van der Waals surface area (Å²) in [5.74, 6) is -0.537. The van der Waals surface area contributed by atoms with Crippen molar-refractivity contribution in [3.05, 3.63) is 71.8 Å². The van der Waals surface area contributed by atoms with Gasteiger partial charge >= 0.3 is 0 Å². The second-order valence-electron chi connectivity index (χ2n) is 4.95. The van der Waals surface area contributed by atoms with Gasteiger partial charge in [0.25, 0.3) is 0 Å². The Hall–Kier alpha value is -1.68. The molecule has 1 aliphatic heterocycles. The normalized spacial score (nSPS) is 20.8. The number of hydrogen-bond acceptors (Lipinski definition) is 3. The van der Waals surface area contributed by atoms with E-state index in [0.29, 0.717) is 26.4 Å². The van der Waals surface area contributed by atoms with E-state index in [4.69, 9.17) is 14.2 Å². The van der Waals surface area contributed by atoms with E-state index >= 15 is 0 Å². The Kier molecular flexibility index (Phi) is 4.11. The predicted molar refractivity (Wildman–Crippen MR) is 76.0 cm³/mol. The molecular weight excluding hydrogens is 252 g/mol. The lowest BCUT2D eigenvalue weighted by molar-refractivity contribution is -0.105. The van der Waals surface area contributed by atoms with Crippen molar-refractivity contribution in [2.24, 2.45) is 0 Å². The fourth-order valence-corrected chi connectivity index (χ4v) is 1.98. The summed E-state index contributed by atoms with van der Waals surface area (Å²) in [6.07, 6.45) is 0. The Morgan fingerprint density at radius 3 is 1.95 bits per heavy atom. The molecule has 0 radical (unpaired) electrons. The fraction of sp³-hybridized carbons (Fsp3) is 0.294.